The highest BCUT2D eigenvalue weighted by atomic mass is 35.5. The molecule has 0 aromatic heterocycles. The van der Waals surface area contributed by atoms with E-state index in [1.54, 1.807) is 13.0 Å². The Bertz CT molecular complexity index is 545. The number of rotatable bonds is 5. The molecule has 1 fully saturated rings. The largest absolute Gasteiger partial charge is 0.314 e. The third kappa shape index (κ3) is 4.41. The average molecular weight is 323 g/mol. The molecule has 114 valence electrons. The number of benzene rings is 1. The molecule has 7 heteroatoms. The molecule has 1 aromatic carbocycles. The van der Waals surface area contributed by atoms with E-state index in [4.69, 9.17) is 0 Å². The first kappa shape index (κ1) is 17.4. The van der Waals surface area contributed by atoms with Crippen LogP contribution in [0.4, 0.5) is 4.39 Å². The predicted octanol–water partition coefficient (Wildman–Crippen LogP) is 1.98. The molecule has 1 aromatic rings. The zero-order chi connectivity index (χ0) is 13.9. The molecule has 0 unspecified atom stereocenters. The van der Waals surface area contributed by atoms with Crippen molar-refractivity contribution in [3.8, 4) is 0 Å². The molecule has 0 radical (unpaired) electrons. The zero-order valence-corrected chi connectivity index (χ0v) is 13.0. The maximum Gasteiger partial charge on any atom is 0.243 e. The molecule has 0 spiro atoms. The minimum absolute atomic E-state index is 0. The van der Waals surface area contributed by atoms with Crippen molar-refractivity contribution in [3.63, 3.8) is 0 Å². The quantitative estimate of drug-likeness (QED) is 0.871. The Morgan fingerprint density at radius 2 is 2.20 bits per heavy atom. The summed E-state index contributed by atoms with van der Waals surface area (Å²) in [5, 5.41) is 3.29. The monoisotopic (exact) mass is 322 g/mol. The fourth-order valence-electron chi connectivity index (χ4n) is 2.26. The number of nitrogens with one attached hydrogen (secondary N) is 2. The fourth-order valence-corrected chi connectivity index (χ4v) is 3.47. The van der Waals surface area contributed by atoms with E-state index in [0.717, 1.165) is 31.4 Å². The van der Waals surface area contributed by atoms with Gasteiger partial charge in [0.1, 0.15) is 10.7 Å². The van der Waals surface area contributed by atoms with E-state index in [-0.39, 0.29) is 17.3 Å². The van der Waals surface area contributed by atoms with Gasteiger partial charge in [-0.2, -0.15) is 0 Å². The van der Waals surface area contributed by atoms with Gasteiger partial charge in [-0.1, -0.05) is 6.07 Å². The lowest BCUT2D eigenvalue weighted by atomic mass is 10.2. The van der Waals surface area contributed by atoms with Crippen molar-refractivity contribution >= 4 is 22.4 Å². The predicted molar refractivity (Wildman–Crippen MR) is 79.2 cm³/mol. The summed E-state index contributed by atoms with van der Waals surface area (Å²) in [5.41, 5.74) is 0.722. The van der Waals surface area contributed by atoms with Crippen molar-refractivity contribution in [2.45, 2.75) is 37.1 Å². The minimum Gasteiger partial charge on any atom is -0.314 e. The van der Waals surface area contributed by atoms with Crippen molar-refractivity contribution in [1.82, 2.24) is 10.0 Å². The molecule has 1 heterocycles. The summed E-state index contributed by atoms with van der Waals surface area (Å²) < 4.78 is 40.0. The third-order valence-corrected chi connectivity index (χ3v) is 4.80. The van der Waals surface area contributed by atoms with E-state index in [2.05, 4.69) is 10.0 Å². The van der Waals surface area contributed by atoms with Gasteiger partial charge >= 0.3 is 0 Å². The molecule has 0 amide bonds. The summed E-state index contributed by atoms with van der Waals surface area (Å²) >= 11 is 0. The van der Waals surface area contributed by atoms with Crippen molar-refractivity contribution in [2.24, 2.45) is 0 Å². The van der Waals surface area contributed by atoms with Gasteiger partial charge in [-0.15, -0.1) is 12.4 Å². The van der Waals surface area contributed by atoms with Crippen LogP contribution in [0.15, 0.2) is 23.1 Å². The molecular formula is C13H20ClFN2O2S. The van der Waals surface area contributed by atoms with Gasteiger partial charge in [0.25, 0.3) is 0 Å². The molecule has 4 nitrogen and oxygen atoms in total. The van der Waals surface area contributed by atoms with Crippen molar-refractivity contribution < 1.29 is 12.8 Å². The summed E-state index contributed by atoms with van der Waals surface area (Å²) in [6.07, 6.45) is 2.93. The number of sulfonamides is 1. The van der Waals surface area contributed by atoms with Gasteiger partial charge < -0.3 is 5.32 Å². The minimum atomic E-state index is -3.76. The van der Waals surface area contributed by atoms with E-state index >= 15 is 0 Å². The molecule has 2 N–H and O–H groups in total. The Balaban J connectivity index is 0.00000200. The van der Waals surface area contributed by atoms with Crippen LogP contribution in [0.3, 0.4) is 0 Å². The van der Waals surface area contributed by atoms with Crippen LogP contribution in [-0.4, -0.2) is 27.5 Å². The summed E-state index contributed by atoms with van der Waals surface area (Å²) in [6, 6.07) is 4.45. The summed E-state index contributed by atoms with van der Waals surface area (Å²) in [6.45, 7) is 3.05. The Morgan fingerprint density at radius 3 is 2.85 bits per heavy atom. The normalized spacial score (nSPS) is 18.8. The summed E-state index contributed by atoms with van der Waals surface area (Å²) in [4.78, 5) is -0.271. The van der Waals surface area contributed by atoms with E-state index in [9.17, 15) is 12.8 Å². The van der Waals surface area contributed by atoms with Crippen molar-refractivity contribution in [3.05, 3.63) is 29.6 Å². The number of hydrogen-bond acceptors (Lipinski definition) is 3. The van der Waals surface area contributed by atoms with Gasteiger partial charge in [0.05, 0.1) is 0 Å². The van der Waals surface area contributed by atoms with Crippen molar-refractivity contribution in [2.75, 3.05) is 13.1 Å². The first-order chi connectivity index (χ1) is 8.99. The van der Waals surface area contributed by atoms with Crippen LogP contribution >= 0.6 is 12.4 Å². The van der Waals surface area contributed by atoms with Gasteiger partial charge in [-0.05, 0) is 50.4 Å². The van der Waals surface area contributed by atoms with E-state index in [0.29, 0.717) is 12.6 Å². The van der Waals surface area contributed by atoms with Crippen LogP contribution in [0.2, 0.25) is 0 Å². The van der Waals surface area contributed by atoms with Crippen LogP contribution in [0.1, 0.15) is 24.8 Å². The van der Waals surface area contributed by atoms with Gasteiger partial charge in [0, 0.05) is 12.6 Å². The summed E-state index contributed by atoms with van der Waals surface area (Å²) in [7, 11) is -3.76. The second-order valence-electron chi connectivity index (χ2n) is 4.91. The van der Waals surface area contributed by atoms with E-state index in [1.807, 2.05) is 0 Å². The van der Waals surface area contributed by atoms with Gasteiger partial charge in [-0.3, -0.25) is 0 Å². The number of halogens is 2. The van der Waals surface area contributed by atoms with E-state index < -0.39 is 15.8 Å². The molecule has 0 saturated carbocycles. The van der Waals surface area contributed by atoms with Crippen LogP contribution < -0.4 is 10.0 Å². The molecule has 1 saturated heterocycles. The molecule has 20 heavy (non-hydrogen) atoms. The molecule has 1 atom stereocenters. The molecule has 0 aliphatic carbocycles. The smallest absolute Gasteiger partial charge is 0.243 e. The first-order valence-electron chi connectivity index (χ1n) is 6.48. The summed E-state index contributed by atoms with van der Waals surface area (Å²) in [5.74, 6) is -0.711. The van der Waals surface area contributed by atoms with Gasteiger partial charge in [0.2, 0.25) is 10.0 Å². The molecule has 1 aliphatic heterocycles. The van der Waals surface area contributed by atoms with Crippen LogP contribution in [0.25, 0.3) is 0 Å². The Kier molecular flexibility index (Phi) is 6.39. The highest BCUT2D eigenvalue weighted by Crippen LogP contribution is 2.16. The molecule has 0 bridgehead atoms. The molecule has 2 rings (SSSR count). The lowest BCUT2D eigenvalue weighted by molar-refractivity contribution is 0.532. The van der Waals surface area contributed by atoms with Crippen LogP contribution in [0, 0.1) is 12.7 Å². The maximum absolute atomic E-state index is 13.6. The lowest BCUT2D eigenvalue weighted by Crippen LogP contribution is -2.31. The Morgan fingerprint density at radius 1 is 1.45 bits per heavy atom. The Hall–Kier alpha value is -0.690. The van der Waals surface area contributed by atoms with Crippen LogP contribution in [0.5, 0.6) is 0 Å². The maximum atomic E-state index is 13.6. The highest BCUT2D eigenvalue weighted by Gasteiger charge is 2.20. The van der Waals surface area contributed by atoms with Crippen LogP contribution in [-0.2, 0) is 10.0 Å². The number of hydrogen-bond donors (Lipinski definition) is 2. The Labute approximate surface area is 125 Å². The average Bonchev–Trinajstić information content (AvgIpc) is 2.85. The third-order valence-electron chi connectivity index (χ3n) is 3.32. The second kappa shape index (κ2) is 7.36. The second-order valence-corrected chi connectivity index (χ2v) is 6.65. The van der Waals surface area contributed by atoms with E-state index in [1.165, 1.54) is 12.1 Å². The SMILES string of the molecule is Cc1ccc(F)c(S(=O)(=O)NCC[C@H]2CCCN2)c1.Cl. The first-order valence-corrected chi connectivity index (χ1v) is 7.96. The standard InChI is InChI=1S/C13H19FN2O2S.ClH/c1-10-4-5-12(14)13(9-10)19(17,18)16-8-6-11-3-2-7-15-11;/h4-5,9,11,15-16H,2-3,6-8H2,1H3;1H/t11-;/m1./s1. The van der Waals surface area contributed by atoms with Gasteiger partial charge in [0.15, 0.2) is 0 Å². The number of aryl methyl sites for hydroxylation is 1. The zero-order valence-electron chi connectivity index (χ0n) is 11.4. The van der Waals surface area contributed by atoms with Crippen molar-refractivity contribution in [1.29, 1.82) is 0 Å². The molecule has 1 aliphatic rings. The fraction of sp³-hybridized carbons (Fsp3) is 0.538. The molecular weight excluding hydrogens is 303 g/mol. The lowest BCUT2D eigenvalue weighted by Gasteiger charge is -2.12. The topological polar surface area (TPSA) is 58.2 Å². The van der Waals surface area contributed by atoms with Gasteiger partial charge in [-0.25, -0.2) is 17.5 Å². The highest BCUT2D eigenvalue weighted by molar-refractivity contribution is 7.89.